The molecule has 3 N–H and O–H groups in total. The molecule has 110 valence electrons. The summed E-state index contributed by atoms with van der Waals surface area (Å²) in [5, 5.41) is 3.12. The minimum atomic E-state index is 0.369. The maximum atomic E-state index is 5.83. The molecule has 20 heavy (non-hydrogen) atoms. The first-order chi connectivity index (χ1) is 9.84. The van der Waals surface area contributed by atoms with Gasteiger partial charge >= 0.3 is 0 Å². The van der Waals surface area contributed by atoms with Gasteiger partial charge in [-0.25, -0.2) is 0 Å². The number of nitrogens with two attached hydrogens (primary N) is 1. The lowest BCUT2D eigenvalue weighted by molar-refractivity contribution is 0.0129. The largest absolute Gasteiger partial charge is 0.378 e. The summed E-state index contributed by atoms with van der Waals surface area (Å²) in [6.07, 6.45) is 7.60. The lowest BCUT2D eigenvalue weighted by atomic mass is 10.1. The van der Waals surface area contributed by atoms with Crippen LogP contribution >= 0.6 is 0 Å². The van der Waals surface area contributed by atoms with Crippen LogP contribution in [0.2, 0.25) is 0 Å². The van der Waals surface area contributed by atoms with E-state index in [4.69, 9.17) is 10.5 Å². The van der Waals surface area contributed by atoms with E-state index < -0.39 is 0 Å². The third-order valence-electron chi connectivity index (χ3n) is 3.42. The van der Waals surface area contributed by atoms with Gasteiger partial charge < -0.3 is 15.8 Å². The third kappa shape index (κ3) is 5.57. The Hall–Kier alpha value is -1.62. The zero-order valence-corrected chi connectivity index (χ0v) is 11.9. The number of rotatable bonds is 6. The van der Waals surface area contributed by atoms with E-state index in [1.807, 2.05) is 18.2 Å². The summed E-state index contributed by atoms with van der Waals surface area (Å²) in [7, 11) is 0. The van der Waals surface area contributed by atoms with Gasteiger partial charge in [-0.05, 0) is 37.8 Å². The lowest BCUT2D eigenvalue weighted by Crippen LogP contribution is -2.33. The summed E-state index contributed by atoms with van der Waals surface area (Å²) in [4.78, 5) is 8.59. The molecule has 1 fully saturated rings. The van der Waals surface area contributed by atoms with Crippen LogP contribution in [-0.2, 0) is 11.2 Å². The van der Waals surface area contributed by atoms with E-state index in [1.54, 1.807) is 6.20 Å². The molecular formula is C15H24N4O. The second-order valence-corrected chi connectivity index (χ2v) is 5.04. The second kappa shape index (κ2) is 8.53. The highest BCUT2D eigenvalue weighted by atomic mass is 16.5. The highest BCUT2D eigenvalue weighted by Crippen LogP contribution is 2.15. The first kappa shape index (κ1) is 14.8. The molecule has 0 amide bonds. The number of nitrogens with zero attached hydrogens (tertiary/aromatic N) is 2. The topological polar surface area (TPSA) is 72.5 Å². The minimum Gasteiger partial charge on any atom is -0.378 e. The molecule has 1 aliphatic rings. The molecular weight excluding hydrogens is 252 g/mol. The fraction of sp³-hybridized carbons (Fsp3) is 0.600. The van der Waals surface area contributed by atoms with Crippen molar-refractivity contribution in [2.24, 2.45) is 10.7 Å². The van der Waals surface area contributed by atoms with Crippen molar-refractivity contribution in [1.29, 1.82) is 0 Å². The summed E-state index contributed by atoms with van der Waals surface area (Å²) in [5.74, 6) is 0.511. The van der Waals surface area contributed by atoms with E-state index >= 15 is 0 Å². The van der Waals surface area contributed by atoms with Gasteiger partial charge in [-0.2, -0.15) is 0 Å². The third-order valence-corrected chi connectivity index (χ3v) is 3.42. The molecule has 2 heterocycles. The molecule has 0 spiro atoms. The maximum Gasteiger partial charge on any atom is 0.188 e. The smallest absolute Gasteiger partial charge is 0.188 e. The molecule has 1 aromatic rings. The highest BCUT2D eigenvalue weighted by Gasteiger charge is 2.12. The summed E-state index contributed by atoms with van der Waals surface area (Å²) >= 11 is 0. The van der Waals surface area contributed by atoms with Crippen molar-refractivity contribution in [3.63, 3.8) is 0 Å². The average Bonchev–Trinajstić information content (AvgIpc) is 2.49. The number of nitrogens with one attached hydrogen (secondary N) is 1. The van der Waals surface area contributed by atoms with Crippen LogP contribution in [0.4, 0.5) is 0 Å². The van der Waals surface area contributed by atoms with Crippen molar-refractivity contribution in [3.8, 4) is 0 Å². The SMILES string of the molecule is NC(=NCCC1CCCCO1)NCCc1ccccn1. The number of ether oxygens (including phenoxy) is 1. The van der Waals surface area contributed by atoms with Crippen LogP contribution in [0.5, 0.6) is 0 Å². The summed E-state index contributed by atoms with van der Waals surface area (Å²) in [6.45, 7) is 2.38. The molecule has 5 nitrogen and oxygen atoms in total. The van der Waals surface area contributed by atoms with Crippen LogP contribution < -0.4 is 11.1 Å². The van der Waals surface area contributed by atoms with Crippen molar-refractivity contribution in [2.45, 2.75) is 38.2 Å². The van der Waals surface area contributed by atoms with E-state index in [9.17, 15) is 0 Å². The van der Waals surface area contributed by atoms with Gasteiger partial charge in [0.15, 0.2) is 5.96 Å². The van der Waals surface area contributed by atoms with Crippen LogP contribution in [0.15, 0.2) is 29.4 Å². The molecule has 1 atom stereocenters. The fourth-order valence-electron chi connectivity index (χ4n) is 2.28. The van der Waals surface area contributed by atoms with E-state index in [1.165, 1.54) is 12.8 Å². The molecule has 1 unspecified atom stereocenters. The van der Waals surface area contributed by atoms with E-state index in [0.717, 1.165) is 44.7 Å². The first-order valence-corrected chi connectivity index (χ1v) is 7.40. The van der Waals surface area contributed by atoms with Gasteiger partial charge in [-0.15, -0.1) is 0 Å². The van der Waals surface area contributed by atoms with Crippen LogP contribution in [0.25, 0.3) is 0 Å². The molecule has 1 aromatic heterocycles. The van der Waals surface area contributed by atoms with Gasteiger partial charge in [-0.3, -0.25) is 9.98 Å². The van der Waals surface area contributed by atoms with Crippen LogP contribution in [-0.4, -0.2) is 36.7 Å². The van der Waals surface area contributed by atoms with Gasteiger partial charge in [-0.1, -0.05) is 6.07 Å². The molecule has 1 aliphatic heterocycles. The number of aliphatic imine (C=N–C) groups is 1. The van der Waals surface area contributed by atoms with Gasteiger partial charge in [0.05, 0.1) is 6.10 Å². The van der Waals surface area contributed by atoms with E-state index in [2.05, 4.69) is 15.3 Å². The van der Waals surface area contributed by atoms with Crippen LogP contribution in [0, 0.1) is 0 Å². The van der Waals surface area contributed by atoms with Crippen molar-refractivity contribution < 1.29 is 4.74 Å². The zero-order valence-electron chi connectivity index (χ0n) is 11.9. The molecule has 2 rings (SSSR count). The maximum absolute atomic E-state index is 5.83. The Morgan fingerprint density at radius 2 is 2.40 bits per heavy atom. The molecule has 0 aliphatic carbocycles. The Bertz CT molecular complexity index is 402. The molecule has 0 saturated carbocycles. The summed E-state index contributed by atoms with van der Waals surface area (Å²) < 4.78 is 5.66. The first-order valence-electron chi connectivity index (χ1n) is 7.40. The number of hydrogen-bond acceptors (Lipinski definition) is 3. The Labute approximate surface area is 120 Å². The number of hydrogen-bond donors (Lipinski definition) is 2. The monoisotopic (exact) mass is 276 g/mol. The van der Waals surface area contributed by atoms with Crippen molar-refractivity contribution in [2.75, 3.05) is 19.7 Å². The molecule has 5 heteroatoms. The minimum absolute atomic E-state index is 0.369. The fourth-order valence-corrected chi connectivity index (χ4v) is 2.28. The molecule has 1 saturated heterocycles. The van der Waals surface area contributed by atoms with Gasteiger partial charge in [0.1, 0.15) is 0 Å². The van der Waals surface area contributed by atoms with Crippen LogP contribution in [0.3, 0.4) is 0 Å². The van der Waals surface area contributed by atoms with E-state index in [0.29, 0.717) is 12.1 Å². The standard InChI is InChI=1S/C15H24N4O/c16-15(18-10-7-13-5-1-3-9-17-13)19-11-8-14-6-2-4-12-20-14/h1,3,5,9,14H,2,4,6-8,10-12H2,(H3,16,18,19). The lowest BCUT2D eigenvalue weighted by Gasteiger charge is -2.21. The Morgan fingerprint density at radius 1 is 1.45 bits per heavy atom. The van der Waals surface area contributed by atoms with Gasteiger partial charge in [0.2, 0.25) is 0 Å². The summed E-state index contributed by atoms with van der Waals surface area (Å²) in [5.41, 5.74) is 6.89. The molecule has 0 bridgehead atoms. The quantitative estimate of drug-likeness (QED) is 0.610. The second-order valence-electron chi connectivity index (χ2n) is 5.04. The Kier molecular flexibility index (Phi) is 6.31. The van der Waals surface area contributed by atoms with Crippen LogP contribution in [0.1, 0.15) is 31.4 Å². The van der Waals surface area contributed by atoms with Crippen molar-refractivity contribution in [1.82, 2.24) is 10.3 Å². The van der Waals surface area contributed by atoms with Gasteiger partial charge in [0.25, 0.3) is 0 Å². The Morgan fingerprint density at radius 3 is 3.15 bits per heavy atom. The predicted octanol–water partition coefficient (Wildman–Crippen LogP) is 1.49. The molecule has 0 aromatic carbocycles. The molecule has 0 radical (unpaired) electrons. The number of guanidine groups is 1. The van der Waals surface area contributed by atoms with Gasteiger partial charge in [0, 0.05) is 38.0 Å². The average molecular weight is 276 g/mol. The van der Waals surface area contributed by atoms with Crippen molar-refractivity contribution in [3.05, 3.63) is 30.1 Å². The normalized spacial score (nSPS) is 19.8. The Balaban J connectivity index is 1.59. The predicted molar refractivity (Wildman–Crippen MR) is 80.6 cm³/mol. The van der Waals surface area contributed by atoms with E-state index in [-0.39, 0.29) is 0 Å². The number of pyridine rings is 1. The highest BCUT2D eigenvalue weighted by molar-refractivity contribution is 5.77. The summed E-state index contributed by atoms with van der Waals surface area (Å²) in [6, 6.07) is 5.92. The van der Waals surface area contributed by atoms with Crippen molar-refractivity contribution >= 4 is 5.96 Å². The number of aromatic nitrogens is 1. The zero-order chi connectivity index (χ0) is 14.0.